The van der Waals surface area contributed by atoms with Crippen molar-refractivity contribution >= 4 is 33.4 Å². The van der Waals surface area contributed by atoms with E-state index >= 15 is 0 Å². The second kappa shape index (κ2) is 7.42. The van der Waals surface area contributed by atoms with Crippen LogP contribution < -0.4 is 10.6 Å². The number of nitrogens with one attached hydrogen (secondary N) is 2. The summed E-state index contributed by atoms with van der Waals surface area (Å²) in [6.07, 6.45) is 9.93. The summed E-state index contributed by atoms with van der Waals surface area (Å²) in [7, 11) is 0. The number of carbonyl (C=O) groups excluding carboxylic acids is 2. The Morgan fingerprint density at radius 3 is 2.26 bits per heavy atom. The van der Waals surface area contributed by atoms with E-state index in [0.29, 0.717) is 6.54 Å². The minimum absolute atomic E-state index is 0.0193. The molecule has 0 saturated heterocycles. The van der Waals surface area contributed by atoms with Gasteiger partial charge in [0, 0.05) is 16.7 Å². The number of halogens is 1. The lowest BCUT2D eigenvalue weighted by Gasteiger charge is -2.26. The first-order valence-electron chi connectivity index (χ1n) is 10.1. The van der Waals surface area contributed by atoms with E-state index in [-0.39, 0.29) is 40.9 Å². The van der Waals surface area contributed by atoms with Crippen LogP contribution in [0.1, 0.15) is 39.0 Å². The number of hydrogen-bond donors (Lipinski definition) is 2. The molecule has 0 aliphatic heterocycles. The van der Waals surface area contributed by atoms with Crippen LogP contribution in [-0.2, 0) is 9.59 Å². The molecular weight excluding hydrogens is 404 g/mol. The summed E-state index contributed by atoms with van der Waals surface area (Å²) in [5, 5.41) is 6.16. The molecule has 2 amide bonds. The molecule has 2 fully saturated rings. The van der Waals surface area contributed by atoms with E-state index in [2.05, 4.69) is 45.6 Å². The molecule has 0 radical (unpaired) electrons. The summed E-state index contributed by atoms with van der Waals surface area (Å²) in [4.78, 5) is 26.2. The van der Waals surface area contributed by atoms with Crippen LogP contribution in [0.15, 0.2) is 40.9 Å². The summed E-state index contributed by atoms with van der Waals surface area (Å²) in [6.45, 7) is 2.86. The predicted octanol–water partition coefficient (Wildman–Crippen LogP) is 4.52. The summed E-state index contributed by atoms with van der Waals surface area (Å²) < 4.78 is 0.977. The van der Waals surface area contributed by atoms with Crippen molar-refractivity contribution in [3.05, 3.63) is 40.9 Å². The number of unbranched alkanes of at least 4 members (excludes halogenated alkanes) is 2. The molecule has 0 unspecified atom stereocenters. The molecule has 2 N–H and O–H groups in total. The lowest BCUT2D eigenvalue weighted by molar-refractivity contribution is -0.132. The van der Waals surface area contributed by atoms with Crippen LogP contribution in [0.25, 0.3) is 0 Å². The SMILES string of the molecule is CCCCCNC(=O)[C@H]1[C@H](C(=O)Nc2ccc(Br)cc2)[C@@H]2C=C[C@H]1C21CC1. The number of rotatable bonds is 7. The fourth-order valence-electron chi connectivity index (χ4n) is 5.17. The van der Waals surface area contributed by atoms with Crippen LogP contribution in [-0.4, -0.2) is 18.4 Å². The molecule has 4 atom stereocenters. The van der Waals surface area contributed by atoms with E-state index in [1.807, 2.05) is 24.3 Å². The van der Waals surface area contributed by atoms with Crippen LogP contribution in [0.5, 0.6) is 0 Å². The van der Waals surface area contributed by atoms with Crippen molar-refractivity contribution in [3.8, 4) is 0 Å². The molecular formula is C22H27BrN2O2. The molecule has 4 nitrogen and oxygen atoms in total. The molecule has 144 valence electrons. The second-order valence-corrected chi connectivity index (χ2v) is 9.13. The lowest BCUT2D eigenvalue weighted by Crippen LogP contribution is -2.42. The van der Waals surface area contributed by atoms with E-state index in [4.69, 9.17) is 0 Å². The molecule has 2 bridgehead atoms. The zero-order chi connectivity index (χ0) is 19.0. The maximum absolute atomic E-state index is 13.2. The normalized spacial score (nSPS) is 29.1. The molecule has 0 heterocycles. The Bertz CT molecular complexity index is 754. The number of anilines is 1. The van der Waals surface area contributed by atoms with Gasteiger partial charge in [0.05, 0.1) is 11.8 Å². The molecule has 3 aliphatic carbocycles. The fourth-order valence-corrected chi connectivity index (χ4v) is 5.44. The number of hydrogen-bond acceptors (Lipinski definition) is 2. The van der Waals surface area contributed by atoms with Gasteiger partial charge in [0.25, 0.3) is 0 Å². The summed E-state index contributed by atoms with van der Waals surface area (Å²) in [6, 6.07) is 7.60. The maximum Gasteiger partial charge on any atom is 0.228 e. The van der Waals surface area contributed by atoms with Crippen molar-refractivity contribution in [1.82, 2.24) is 5.32 Å². The monoisotopic (exact) mass is 430 g/mol. The molecule has 1 spiro atoms. The molecule has 1 aromatic carbocycles. The van der Waals surface area contributed by atoms with Crippen molar-refractivity contribution in [1.29, 1.82) is 0 Å². The summed E-state index contributed by atoms with van der Waals surface area (Å²) in [5.41, 5.74) is 0.953. The van der Waals surface area contributed by atoms with Gasteiger partial charge in [-0.25, -0.2) is 0 Å². The molecule has 27 heavy (non-hydrogen) atoms. The molecule has 0 aromatic heterocycles. The molecule has 5 heteroatoms. The average Bonchev–Trinajstić information content (AvgIpc) is 3.33. The first-order valence-corrected chi connectivity index (χ1v) is 10.9. The van der Waals surface area contributed by atoms with Gasteiger partial charge in [-0.3, -0.25) is 9.59 Å². The standard InChI is InChI=1S/C22H27BrN2O2/c1-2-3-4-13-24-20(26)18-16-9-10-17(22(16)11-12-22)19(18)21(27)25-15-7-5-14(23)6-8-15/h5-10,16-19H,2-4,11-13H2,1H3,(H,24,26)(H,25,27)/t16-,17+,18-,19-/m1/s1. The van der Waals surface area contributed by atoms with Gasteiger partial charge >= 0.3 is 0 Å². The van der Waals surface area contributed by atoms with Crippen molar-refractivity contribution in [3.63, 3.8) is 0 Å². The topological polar surface area (TPSA) is 58.2 Å². The van der Waals surface area contributed by atoms with E-state index in [1.165, 1.54) is 0 Å². The smallest absolute Gasteiger partial charge is 0.228 e. The van der Waals surface area contributed by atoms with Gasteiger partial charge in [-0.15, -0.1) is 0 Å². The van der Waals surface area contributed by atoms with Gasteiger partial charge in [0.15, 0.2) is 0 Å². The third-order valence-corrected chi connectivity index (χ3v) is 7.17. The van der Waals surface area contributed by atoms with Crippen molar-refractivity contribution in [2.24, 2.45) is 29.1 Å². The highest BCUT2D eigenvalue weighted by atomic mass is 79.9. The van der Waals surface area contributed by atoms with Crippen LogP contribution in [0.4, 0.5) is 5.69 Å². The molecule has 1 aromatic rings. The second-order valence-electron chi connectivity index (χ2n) is 8.22. The van der Waals surface area contributed by atoms with Gasteiger partial charge in [0.2, 0.25) is 11.8 Å². The van der Waals surface area contributed by atoms with Crippen molar-refractivity contribution < 1.29 is 9.59 Å². The number of amides is 2. The zero-order valence-electron chi connectivity index (χ0n) is 15.7. The Kier molecular flexibility index (Phi) is 5.15. The highest BCUT2D eigenvalue weighted by Crippen LogP contribution is 2.72. The Morgan fingerprint density at radius 1 is 1.04 bits per heavy atom. The lowest BCUT2D eigenvalue weighted by atomic mass is 9.81. The first kappa shape index (κ1) is 18.7. The van der Waals surface area contributed by atoms with Crippen LogP contribution in [0.2, 0.25) is 0 Å². The van der Waals surface area contributed by atoms with Gasteiger partial charge in [-0.1, -0.05) is 47.8 Å². The van der Waals surface area contributed by atoms with E-state index in [0.717, 1.165) is 42.3 Å². The number of carbonyl (C=O) groups is 2. The van der Waals surface area contributed by atoms with E-state index in [1.54, 1.807) is 0 Å². The number of benzene rings is 1. The first-order chi connectivity index (χ1) is 13.1. The minimum atomic E-state index is -0.266. The van der Waals surface area contributed by atoms with Gasteiger partial charge in [-0.05, 0) is 60.8 Å². The molecule has 3 aliphatic rings. The van der Waals surface area contributed by atoms with E-state index in [9.17, 15) is 9.59 Å². The Hall–Kier alpha value is -1.62. The quantitative estimate of drug-likeness (QED) is 0.493. The van der Waals surface area contributed by atoms with Crippen molar-refractivity contribution in [2.75, 3.05) is 11.9 Å². The Balaban J connectivity index is 1.50. The van der Waals surface area contributed by atoms with Gasteiger partial charge < -0.3 is 10.6 Å². The highest BCUT2D eigenvalue weighted by Gasteiger charge is 2.69. The van der Waals surface area contributed by atoms with E-state index < -0.39 is 0 Å². The zero-order valence-corrected chi connectivity index (χ0v) is 17.3. The Morgan fingerprint density at radius 2 is 1.67 bits per heavy atom. The van der Waals surface area contributed by atoms with Crippen LogP contribution >= 0.6 is 15.9 Å². The fraction of sp³-hybridized carbons (Fsp3) is 0.545. The minimum Gasteiger partial charge on any atom is -0.356 e. The third kappa shape index (κ3) is 3.35. The van der Waals surface area contributed by atoms with Gasteiger partial charge in [0.1, 0.15) is 0 Å². The van der Waals surface area contributed by atoms with Crippen LogP contribution in [0, 0.1) is 29.1 Å². The largest absolute Gasteiger partial charge is 0.356 e. The molecule has 2 saturated carbocycles. The van der Waals surface area contributed by atoms with Crippen molar-refractivity contribution in [2.45, 2.75) is 39.0 Å². The average molecular weight is 431 g/mol. The van der Waals surface area contributed by atoms with Crippen LogP contribution in [0.3, 0.4) is 0 Å². The predicted molar refractivity (Wildman–Crippen MR) is 110 cm³/mol. The summed E-state index contributed by atoms with van der Waals surface area (Å²) in [5.74, 6) is -0.0464. The maximum atomic E-state index is 13.2. The third-order valence-electron chi connectivity index (χ3n) is 6.64. The summed E-state index contributed by atoms with van der Waals surface area (Å²) >= 11 is 3.42. The highest BCUT2D eigenvalue weighted by molar-refractivity contribution is 9.10. The van der Waals surface area contributed by atoms with Gasteiger partial charge in [-0.2, -0.15) is 0 Å². The molecule has 4 rings (SSSR count). The Labute approximate surface area is 169 Å². The number of allylic oxidation sites excluding steroid dienone is 2.